The lowest BCUT2D eigenvalue weighted by Crippen LogP contribution is -2.22. The monoisotopic (exact) mass is 371 g/mol. The lowest BCUT2D eigenvalue weighted by Gasteiger charge is -2.26. The highest BCUT2D eigenvalue weighted by molar-refractivity contribution is 6.34. The molecule has 0 aliphatic carbocycles. The summed E-state index contributed by atoms with van der Waals surface area (Å²) >= 11 is 12.1. The Morgan fingerprint density at radius 2 is 1.40 bits per heavy atom. The molecule has 3 aromatic rings. The number of hydrogen-bond acceptors (Lipinski definition) is 4. The van der Waals surface area contributed by atoms with E-state index in [1.807, 2.05) is 65.6 Å². The highest BCUT2D eigenvalue weighted by Crippen LogP contribution is 2.37. The molecule has 0 aliphatic rings. The van der Waals surface area contributed by atoms with Gasteiger partial charge in [0.2, 0.25) is 0 Å². The van der Waals surface area contributed by atoms with Gasteiger partial charge in [0.05, 0.1) is 5.69 Å². The van der Waals surface area contributed by atoms with Gasteiger partial charge in [-0.15, -0.1) is 4.91 Å². The van der Waals surface area contributed by atoms with Gasteiger partial charge in [0.1, 0.15) is 5.15 Å². The van der Waals surface area contributed by atoms with Crippen molar-refractivity contribution in [3.05, 3.63) is 93.1 Å². The zero-order valence-corrected chi connectivity index (χ0v) is 14.8. The number of benzene rings is 2. The van der Waals surface area contributed by atoms with E-state index in [0.29, 0.717) is 18.8 Å². The predicted octanol–water partition coefficient (Wildman–Crippen LogP) is 5.99. The largest absolute Gasteiger partial charge is 0.361 e. The fourth-order valence-electron chi connectivity index (χ4n) is 2.63. The average molecular weight is 372 g/mol. The Balaban J connectivity index is 2.03. The van der Waals surface area contributed by atoms with E-state index in [1.165, 1.54) is 0 Å². The molecule has 25 heavy (non-hydrogen) atoms. The fourth-order valence-corrected chi connectivity index (χ4v) is 3.08. The number of nitroso groups, excluding NO2 is 1. The highest BCUT2D eigenvalue weighted by atomic mass is 35.5. The summed E-state index contributed by atoms with van der Waals surface area (Å²) < 4.78 is 0. The van der Waals surface area contributed by atoms with Crippen molar-refractivity contribution in [2.75, 3.05) is 4.90 Å². The summed E-state index contributed by atoms with van der Waals surface area (Å²) in [5, 5.41) is 3.29. The highest BCUT2D eigenvalue weighted by Gasteiger charge is 2.18. The normalized spacial score (nSPS) is 10.5. The zero-order chi connectivity index (χ0) is 17.6. The van der Waals surface area contributed by atoms with Crippen LogP contribution < -0.4 is 4.90 Å². The second-order valence-corrected chi connectivity index (χ2v) is 6.27. The van der Waals surface area contributed by atoms with Gasteiger partial charge in [-0.3, -0.25) is 0 Å². The van der Waals surface area contributed by atoms with Crippen LogP contribution in [0.15, 0.2) is 71.9 Å². The Labute approximate surface area is 156 Å². The van der Waals surface area contributed by atoms with Gasteiger partial charge in [0, 0.05) is 19.2 Å². The van der Waals surface area contributed by atoms with Gasteiger partial charge >= 0.3 is 0 Å². The van der Waals surface area contributed by atoms with Crippen LogP contribution in [0, 0.1) is 4.91 Å². The van der Waals surface area contributed by atoms with E-state index in [4.69, 9.17) is 23.2 Å². The molecule has 0 radical (unpaired) electrons. The lowest BCUT2D eigenvalue weighted by molar-refractivity contribution is 0.799. The van der Waals surface area contributed by atoms with E-state index in [2.05, 4.69) is 10.2 Å². The number of nitrogens with zero attached hydrogens (tertiary/aromatic N) is 3. The third-order valence-electron chi connectivity index (χ3n) is 3.76. The summed E-state index contributed by atoms with van der Waals surface area (Å²) in [6.45, 7) is 1.16. The molecule has 0 saturated heterocycles. The maximum Gasteiger partial charge on any atom is 0.168 e. The Morgan fingerprint density at radius 3 is 1.88 bits per heavy atom. The molecule has 1 aromatic heterocycles. The molecular weight excluding hydrogens is 357 g/mol. The maximum absolute atomic E-state index is 11.3. The second-order valence-electron chi connectivity index (χ2n) is 5.52. The molecule has 0 aliphatic heterocycles. The van der Waals surface area contributed by atoms with Crippen LogP contribution in [-0.2, 0) is 13.1 Å². The van der Waals surface area contributed by atoms with Crippen molar-refractivity contribution in [2.24, 2.45) is 5.18 Å². The number of rotatable bonds is 6. The maximum atomic E-state index is 11.3. The first-order valence-electron chi connectivity index (χ1n) is 7.69. The third-order valence-corrected chi connectivity index (χ3v) is 4.22. The Kier molecular flexibility index (Phi) is 5.64. The lowest BCUT2D eigenvalue weighted by atomic mass is 10.1. The molecule has 0 amide bonds. The van der Waals surface area contributed by atoms with Crippen LogP contribution in [0.4, 0.5) is 11.4 Å². The zero-order valence-electron chi connectivity index (χ0n) is 13.3. The Bertz CT molecular complexity index is 816. The van der Waals surface area contributed by atoms with E-state index in [1.54, 1.807) is 6.07 Å². The van der Waals surface area contributed by atoms with Crippen LogP contribution in [-0.4, -0.2) is 4.98 Å². The molecule has 0 N–H and O–H groups in total. The van der Waals surface area contributed by atoms with Gasteiger partial charge < -0.3 is 4.90 Å². The van der Waals surface area contributed by atoms with Crippen LogP contribution in [0.2, 0.25) is 10.3 Å². The summed E-state index contributed by atoms with van der Waals surface area (Å²) in [6.07, 6.45) is 0. The van der Waals surface area contributed by atoms with Crippen molar-refractivity contribution < 1.29 is 0 Å². The molecule has 2 aromatic carbocycles. The summed E-state index contributed by atoms with van der Waals surface area (Å²) in [5.74, 6) is 0. The molecule has 0 unspecified atom stereocenters. The van der Waals surface area contributed by atoms with Gasteiger partial charge in [-0.05, 0) is 16.3 Å². The molecule has 0 bridgehead atoms. The minimum Gasteiger partial charge on any atom is -0.361 e. The van der Waals surface area contributed by atoms with Crippen LogP contribution >= 0.6 is 23.2 Å². The van der Waals surface area contributed by atoms with Crippen molar-refractivity contribution >= 4 is 34.6 Å². The minimum atomic E-state index is 0.00335. The van der Waals surface area contributed by atoms with Crippen LogP contribution in [0.25, 0.3) is 0 Å². The summed E-state index contributed by atoms with van der Waals surface area (Å²) in [4.78, 5) is 17.3. The molecule has 3 rings (SSSR count). The number of anilines is 1. The van der Waals surface area contributed by atoms with Gasteiger partial charge in [-0.2, -0.15) is 0 Å². The molecule has 6 heteroatoms. The fraction of sp³-hybridized carbons (Fsp3) is 0.105. The van der Waals surface area contributed by atoms with Gasteiger partial charge in [-0.25, -0.2) is 4.98 Å². The SMILES string of the molecule is O=Nc1c(N(Cc2ccccc2)Cc2ccccc2)cc(Cl)nc1Cl. The molecule has 0 fully saturated rings. The molecule has 0 saturated carbocycles. The smallest absolute Gasteiger partial charge is 0.168 e. The topological polar surface area (TPSA) is 45.6 Å². The number of hydrogen-bond donors (Lipinski definition) is 0. The van der Waals surface area contributed by atoms with E-state index in [0.717, 1.165) is 11.1 Å². The number of pyridine rings is 1. The van der Waals surface area contributed by atoms with Crippen molar-refractivity contribution in [3.8, 4) is 0 Å². The average Bonchev–Trinajstić information content (AvgIpc) is 2.62. The number of halogens is 2. The van der Waals surface area contributed by atoms with Crippen LogP contribution in [0.5, 0.6) is 0 Å². The first-order valence-corrected chi connectivity index (χ1v) is 8.45. The van der Waals surface area contributed by atoms with Crippen molar-refractivity contribution in [3.63, 3.8) is 0 Å². The standard InChI is InChI=1S/C19H15Cl2N3O/c20-17-11-16(18(23-25)19(21)22-17)24(12-14-7-3-1-4-8-14)13-15-9-5-2-6-10-15/h1-11H,12-13H2. The van der Waals surface area contributed by atoms with Crippen molar-refractivity contribution in [1.82, 2.24) is 4.98 Å². The summed E-state index contributed by atoms with van der Waals surface area (Å²) in [7, 11) is 0. The number of aromatic nitrogens is 1. The third kappa shape index (κ3) is 4.35. The van der Waals surface area contributed by atoms with Crippen LogP contribution in [0.1, 0.15) is 11.1 Å². The van der Waals surface area contributed by atoms with Gasteiger partial charge in [0.15, 0.2) is 10.8 Å². The molecular formula is C19H15Cl2N3O. The molecule has 4 nitrogen and oxygen atoms in total. The molecule has 1 heterocycles. The van der Waals surface area contributed by atoms with Crippen LogP contribution in [0.3, 0.4) is 0 Å². The first-order chi connectivity index (χ1) is 12.2. The molecule has 0 spiro atoms. The van der Waals surface area contributed by atoms with Gasteiger partial charge in [0.25, 0.3) is 0 Å². The van der Waals surface area contributed by atoms with E-state index < -0.39 is 0 Å². The van der Waals surface area contributed by atoms with Crippen molar-refractivity contribution in [1.29, 1.82) is 0 Å². The van der Waals surface area contributed by atoms with Crippen molar-refractivity contribution in [2.45, 2.75) is 13.1 Å². The quantitative estimate of drug-likeness (QED) is 0.394. The van der Waals surface area contributed by atoms with Gasteiger partial charge in [-0.1, -0.05) is 83.9 Å². The van der Waals surface area contributed by atoms with E-state index in [-0.39, 0.29) is 16.0 Å². The molecule has 0 atom stereocenters. The Hall–Kier alpha value is -2.43. The minimum absolute atomic E-state index is 0.00335. The summed E-state index contributed by atoms with van der Waals surface area (Å²) in [6, 6.07) is 21.5. The first kappa shape index (κ1) is 17.4. The van der Waals surface area contributed by atoms with E-state index in [9.17, 15) is 4.91 Å². The second kappa shape index (κ2) is 8.10. The molecule has 126 valence electrons. The Morgan fingerprint density at radius 1 is 0.880 bits per heavy atom. The van der Waals surface area contributed by atoms with E-state index >= 15 is 0 Å². The summed E-state index contributed by atoms with van der Waals surface area (Å²) in [5.41, 5.74) is 2.85. The predicted molar refractivity (Wildman–Crippen MR) is 102 cm³/mol.